The molecule has 128 valence electrons. The van der Waals surface area contributed by atoms with Crippen molar-refractivity contribution in [3.63, 3.8) is 0 Å². The molecule has 0 aliphatic carbocycles. The van der Waals surface area contributed by atoms with Crippen molar-refractivity contribution in [2.24, 2.45) is 11.7 Å². The van der Waals surface area contributed by atoms with Crippen LogP contribution in [0.1, 0.15) is 38.5 Å². The third-order valence-electron chi connectivity index (χ3n) is 4.67. The lowest BCUT2D eigenvalue weighted by atomic mass is 9.94. The van der Waals surface area contributed by atoms with Crippen molar-refractivity contribution in [2.75, 3.05) is 13.1 Å². The van der Waals surface area contributed by atoms with E-state index in [-0.39, 0.29) is 23.8 Å². The Morgan fingerprint density at radius 2 is 2.08 bits per heavy atom. The molecule has 3 rings (SSSR count). The second kappa shape index (κ2) is 7.09. The van der Waals surface area contributed by atoms with Crippen LogP contribution in [0, 0.1) is 5.92 Å². The van der Waals surface area contributed by atoms with Crippen LogP contribution in [0.25, 0.3) is 11.5 Å². The minimum Gasteiger partial charge on any atom is -0.342 e. The normalized spacial score (nSPS) is 18.4. The van der Waals surface area contributed by atoms with E-state index in [0.717, 1.165) is 12.8 Å². The largest absolute Gasteiger partial charge is 0.342 e. The van der Waals surface area contributed by atoms with Gasteiger partial charge in [-0.3, -0.25) is 9.78 Å². The van der Waals surface area contributed by atoms with Gasteiger partial charge in [0.15, 0.2) is 0 Å². The maximum atomic E-state index is 12.4. The molecule has 24 heavy (non-hydrogen) atoms. The zero-order valence-electron chi connectivity index (χ0n) is 14.1. The van der Waals surface area contributed by atoms with Crippen LogP contribution in [0.3, 0.4) is 0 Å². The Hall–Kier alpha value is -2.28. The summed E-state index contributed by atoms with van der Waals surface area (Å²) in [6.07, 6.45) is 3.34. The third-order valence-corrected chi connectivity index (χ3v) is 4.67. The van der Waals surface area contributed by atoms with E-state index in [1.165, 1.54) is 0 Å². The van der Waals surface area contributed by atoms with Crippen molar-refractivity contribution >= 4 is 5.91 Å². The number of aromatic nitrogens is 3. The lowest BCUT2D eigenvalue weighted by Gasteiger charge is -2.33. The summed E-state index contributed by atoms with van der Waals surface area (Å²) in [5.41, 5.74) is 6.53. The minimum absolute atomic E-state index is 0.128. The number of hydrogen-bond acceptors (Lipinski definition) is 6. The molecular formula is C17H23N5O2. The number of pyridine rings is 1. The number of amides is 1. The van der Waals surface area contributed by atoms with Gasteiger partial charge >= 0.3 is 0 Å². The minimum atomic E-state index is -0.152. The maximum Gasteiger partial charge on any atom is 0.230 e. The van der Waals surface area contributed by atoms with Crippen LogP contribution < -0.4 is 5.73 Å². The van der Waals surface area contributed by atoms with E-state index >= 15 is 0 Å². The van der Waals surface area contributed by atoms with Gasteiger partial charge in [0.05, 0.1) is 5.92 Å². The first-order valence-corrected chi connectivity index (χ1v) is 8.35. The Labute approximate surface area is 141 Å². The van der Waals surface area contributed by atoms with Crippen molar-refractivity contribution < 1.29 is 9.32 Å². The highest BCUT2D eigenvalue weighted by Gasteiger charge is 2.30. The summed E-state index contributed by atoms with van der Waals surface area (Å²) < 4.78 is 5.42. The van der Waals surface area contributed by atoms with E-state index in [0.29, 0.717) is 30.5 Å². The van der Waals surface area contributed by atoms with Crippen LogP contribution in [0.5, 0.6) is 0 Å². The number of nitrogens with two attached hydrogens (primary N) is 1. The molecule has 1 amide bonds. The second-order valence-corrected chi connectivity index (χ2v) is 6.42. The van der Waals surface area contributed by atoms with Gasteiger partial charge in [-0.25, -0.2) is 0 Å². The molecule has 0 aromatic carbocycles. The zero-order valence-corrected chi connectivity index (χ0v) is 14.1. The molecule has 2 atom stereocenters. The van der Waals surface area contributed by atoms with Crippen LogP contribution in [0.4, 0.5) is 0 Å². The van der Waals surface area contributed by atoms with Crippen LogP contribution in [0.15, 0.2) is 28.9 Å². The molecule has 1 fully saturated rings. The molecule has 2 aromatic rings. The van der Waals surface area contributed by atoms with Gasteiger partial charge in [0.1, 0.15) is 5.69 Å². The highest BCUT2D eigenvalue weighted by Crippen LogP contribution is 2.28. The molecule has 2 aromatic heterocycles. The first-order valence-electron chi connectivity index (χ1n) is 8.35. The number of carbonyl (C=O) groups excluding carboxylic acids is 1. The fourth-order valence-corrected chi connectivity index (χ4v) is 2.86. The highest BCUT2D eigenvalue weighted by molar-refractivity contribution is 5.79. The molecule has 1 saturated heterocycles. The van der Waals surface area contributed by atoms with Crippen LogP contribution in [-0.2, 0) is 4.79 Å². The summed E-state index contributed by atoms with van der Waals surface area (Å²) in [4.78, 5) is 23.0. The average Bonchev–Trinajstić information content (AvgIpc) is 3.11. The van der Waals surface area contributed by atoms with Gasteiger partial charge < -0.3 is 15.2 Å². The lowest BCUT2D eigenvalue weighted by Crippen LogP contribution is -2.45. The Morgan fingerprint density at radius 1 is 1.33 bits per heavy atom. The van der Waals surface area contributed by atoms with Gasteiger partial charge in [0.2, 0.25) is 17.6 Å². The SMILES string of the molecule is CC(N)C(C)C(=O)N1CCC(c2nc(-c3ccccn3)no2)CC1. The molecule has 2 unspecified atom stereocenters. The fraction of sp³-hybridized carbons (Fsp3) is 0.529. The highest BCUT2D eigenvalue weighted by atomic mass is 16.5. The van der Waals surface area contributed by atoms with E-state index in [9.17, 15) is 4.79 Å². The molecule has 7 heteroatoms. The Kier molecular flexibility index (Phi) is 4.89. The van der Waals surface area contributed by atoms with Crippen molar-refractivity contribution in [1.29, 1.82) is 0 Å². The number of carbonyl (C=O) groups is 1. The predicted octanol–water partition coefficient (Wildman–Crippen LogP) is 1.82. The smallest absolute Gasteiger partial charge is 0.230 e. The number of piperidine rings is 1. The number of nitrogens with zero attached hydrogens (tertiary/aromatic N) is 4. The Bertz CT molecular complexity index is 677. The van der Waals surface area contributed by atoms with Gasteiger partial charge in [0.25, 0.3) is 0 Å². The standard InChI is InChI=1S/C17H23N5O2/c1-11(12(2)18)17(23)22-9-6-13(7-10-22)16-20-15(21-24-16)14-5-3-4-8-19-14/h3-5,8,11-13H,6-7,9-10,18H2,1-2H3. The second-order valence-electron chi connectivity index (χ2n) is 6.42. The quantitative estimate of drug-likeness (QED) is 0.919. The molecule has 0 saturated carbocycles. The lowest BCUT2D eigenvalue weighted by molar-refractivity contribution is -0.136. The van der Waals surface area contributed by atoms with Crippen molar-refractivity contribution in [3.05, 3.63) is 30.3 Å². The summed E-state index contributed by atoms with van der Waals surface area (Å²) in [6, 6.07) is 5.46. The summed E-state index contributed by atoms with van der Waals surface area (Å²) in [5, 5.41) is 4.02. The molecular weight excluding hydrogens is 306 g/mol. The topological polar surface area (TPSA) is 98.1 Å². The van der Waals surface area contributed by atoms with Crippen LogP contribution in [-0.4, -0.2) is 45.1 Å². The van der Waals surface area contributed by atoms with Crippen molar-refractivity contribution in [1.82, 2.24) is 20.0 Å². The maximum absolute atomic E-state index is 12.4. The van der Waals surface area contributed by atoms with Crippen LogP contribution >= 0.6 is 0 Å². The van der Waals surface area contributed by atoms with Gasteiger partial charge in [-0.15, -0.1) is 0 Å². The number of likely N-dealkylation sites (tertiary alicyclic amines) is 1. The first-order chi connectivity index (χ1) is 11.6. The van der Waals surface area contributed by atoms with E-state index in [1.54, 1.807) is 6.20 Å². The van der Waals surface area contributed by atoms with Gasteiger partial charge in [-0.05, 0) is 31.9 Å². The summed E-state index contributed by atoms with van der Waals surface area (Å²) in [5.74, 6) is 1.30. The Balaban J connectivity index is 1.61. The molecule has 1 aliphatic heterocycles. The predicted molar refractivity (Wildman–Crippen MR) is 88.9 cm³/mol. The van der Waals surface area contributed by atoms with E-state index in [4.69, 9.17) is 10.3 Å². The van der Waals surface area contributed by atoms with Crippen molar-refractivity contribution in [3.8, 4) is 11.5 Å². The van der Waals surface area contributed by atoms with Gasteiger partial charge in [-0.2, -0.15) is 4.98 Å². The molecule has 0 bridgehead atoms. The summed E-state index contributed by atoms with van der Waals surface area (Å²) >= 11 is 0. The Morgan fingerprint density at radius 3 is 2.71 bits per heavy atom. The summed E-state index contributed by atoms with van der Waals surface area (Å²) in [7, 11) is 0. The van der Waals surface area contributed by atoms with E-state index in [1.807, 2.05) is 36.9 Å². The average molecular weight is 329 g/mol. The molecule has 7 nitrogen and oxygen atoms in total. The fourth-order valence-electron chi connectivity index (χ4n) is 2.86. The van der Waals surface area contributed by atoms with E-state index in [2.05, 4.69) is 15.1 Å². The van der Waals surface area contributed by atoms with Crippen LogP contribution in [0.2, 0.25) is 0 Å². The first kappa shape index (κ1) is 16.6. The zero-order chi connectivity index (χ0) is 17.1. The number of rotatable bonds is 4. The van der Waals surface area contributed by atoms with Crippen molar-refractivity contribution in [2.45, 2.75) is 38.6 Å². The number of hydrogen-bond donors (Lipinski definition) is 1. The van der Waals surface area contributed by atoms with Gasteiger partial charge in [0, 0.05) is 31.2 Å². The van der Waals surface area contributed by atoms with Gasteiger partial charge in [-0.1, -0.05) is 18.1 Å². The van der Waals surface area contributed by atoms with E-state index < -0.39 is 0 Å². The molecule has 3 heterocycles. The molecule has 2 N–H and O–H groups in total. The third kappa shape index (κ3) is 3.46. The molecule has 1 aliphatic rings. The monoisotopic (exact) mass is 329 g/mol. The molecule has 0 spiro atoms. The summed E-state index contributed by atoms with van der Waals surface area (Å²) in [6.45, 7) is 5.15. The molecule has 0 radical (unpaired) electrons.